The van der Waals surface area contributed by atoms with Gasteiger partial charge in [-0.1, -0.05) is 20.8 Å². The quantitative estimate of drug-likeness (QED) is 0.577. The van der Waals surface area contributed by atoms with E-state index in [0.29, 0.717) is 11.4 Å². The lowest BCUT2D eigenvalue weighted by Crippen LogP contribution is -2.48. The molecule has 1 aromatic carbocycles. The molecule has 0 saturated carbocycles. The van der Waals surface area contributed by atoms with Crippen LogP contribution in [0.15, 0.2) is 29.4 Å². The Morgan fingerprint density at radius 1 is 1.31 bits per heavy atom. The Morgan fingerprint density at radius 2 is 2.09 bits per heavy atom. The number of carbonyl (C=O) groups excluding carboxylic acids is 1. The van der Waals surface area contributed by atoms with E-state index in [4.69, 9.17) is 9.47 Å². The highest BCUT2D eigenvalue weighted by Gasteiger charge is 2.37. The van der Waals surface area contributed by atoms with Crippen molar-refractivity contribution in [2.45, 2.75) is 64.3 Å². The Morgan fingerprint density at radius 3 is 2.66 bits per heavy atom. The molecular formula is C25H32F3N3O3S. The van der Waals surface area contributed by atoms with Crippen molar-refractivity contribution < 1.29 is 27.4 Å². The molecule has 10 heteroatoms. The maximum absolute atomic E-state index is 13.4. The fraction of sp³-hybridized carbons (Fsp3) is 0.600. The number of amides is 1. The Hall–Kier alpha value is -2.17. The summed E-state index contributed by atoms with van der Waals surface area (Å²) in [5.41, 5.74) is -1.19. The summed E-state index contributed by atoms with van der Waals surface area (Å²) in [4.78, 5) is 23.7. The van der Waals surface area contributed by atoms with Crippen molar-refractivity contribution in [3.63, 3.8) is 0 Å². The summed E-state index contributed by atoms with van der Waals surface area (Å²) in [6.07, 6.45) is 0.245. The van der Waals surface area contributed by atoms with Gasteiger partial charge < -0.3 is 14.5 Å². The molecule has 6 nitrogen and oxygen atoms in total. The van der Waals surface area contributed by atoms with Gasteiger partial charge in [-0.25, -0.2) is 0 Å². The Bertz CT molecular complexity index is 1110. The number of nitrogens with one attached hydrogen (secondary N) is 1. The van der Waals surface area contributed by atoms with Gasteiger partial charge in [0.05, 0.1) is 17.2 Å². The van der Waals surface area contributed by atoms with Crippen LogP contribution in [0.5, 0.6) is 5.75 Å². The van der Waals surface area contributed by atoms with E-state index in [0.717, 1.165) is 49.4 Å². The van der Waals surface area contributed by atoms with Gasteiger partial charge in [0.1, 0.15) is 12.4 Å². The maximum atomic E-state index is 13.4. The van der Waals surface area contributed by atoms with Crippen LogP contribution >= 0.6 is 11.3 Å². The number of H-pyrrole nitrogens is 1. The summed E-state index contributed by atoms with van der Waals surface area (Å²) in [7, 11) is 1.96. The van der Waals surface area contributed by atoms with Crippen molar-refractivity contribution in [2.75, 3.05) is 26.8 Å². The third kappa shape index (κ3) is 5.98. The molecule has 1 amide bonds. The van der Waals surface area contributed by atoms with E-state index in [1.165, 1.54) is 17.4 Å². The molecule has 3 heterocycles. The molecule has 35 heavy (non-hydrogen) atoms. The van der Waals surface area contributed by atoms with Crippen LogP contribution in [0.2, 0.25) is 0 Å². The van der Waals surface area contributed by atoms with Gasteiger partial charge in [-0.05, 0) is 56.5 Å². The lowest BCUT2D eigenvalue weighted by molar-refractivity contribution is -0.137. The Kier molecular flexibility index (Phi) is 7.45. The minimum atomic E-state index is -4.58. The van der Waals surface area contributed by atoms with Crippen LogP contribution in [-0.4, -0.2) is 54.7 Å². The highest BCUT2D eigenvalue weighted by molar-refractivity contribution is 7.09. The monoisotopic (exact) mass is 511 g/mol. The van der Waals surface area contributed by atoms with Crippen molar-refractivity contribution in [1.29, 1.82) is 0 Å². The number of alkyl halides is 3. The SMILES string of the molecule is CN1CC[C@H]1COc1ccc(C(F)(F)F)cc1C(=O)N=c1[nH]cc(C([C@H]2CCCO2)C(C)(C)C)s1. The molecule has 0 spiro atoms. The summed E-state index contributed by atoms with van der Waals surface area (Å²) >= 11 is 1.33. The molecule has 0 bridgehead atoms. The fourth-order valence-corrected chi connectivity index (χ4v) is 5.88. The van der Waals surface area contributed by atoms with Crippen LogP contribution in [0.25, 0.3) is 0 Å². The van der Waals surface area contributed by atoms with Gasteiger partial charge in [-0.2, -0.15) is 18.2 Å². The molecule has 1 aromatic heterocycles. The van der Waals surface area contributed by atoms with Crippen molar-refractivity contribution >= 4 is 17.2 Å². The number of benzene rings is 1. The second kappa shape index (κ2) is 10.1. The van der Waals surface area contributed by atoms with Gasteiger partial charge >= 0.3 is 6.18 Å². The molecule has 1 unspecified atom stereocenters. The lowest BCUT2D eigenvalue weighted by Gasteiger charge is -2.37. The minimum Gasteiger partial charge on any atom is -0.491 e. The molecule has 1 N–H and O–H groups in total. The van der Waals surface area contributed by atoms with Gasteiger partial charge in [0.15, 0.2) is 4.80 Å². The average molecular weight is 512 g/mol. The van der Waals surface area contributed by atoms with Gasteiger partial charge in [0.25, 0.3) is 5.91 Å². The lowest BCUT2D eigenvalue weighted by atomic mass is 9.76. The number of ether oxygens (including phenoxy) is 2. The number of halogens is 3. The van der Waals surface area contributed by atoms with Gasteiger partial charge in [0.2, 0.25) is 0 Å². The Labute approximate surface area is 207 Å². The third-order valence-electron chi connectivity index (χ3n) is 6.74. The number of nitrogens with zero attached hydrogens (tertiary/aromatic N) is 2. The summed E-state index contributed by atoms with van der Waals surface area (Å²) in [6.45, 7) is 8.41. The summed E-state index contributed by atoms with van der Waals surface area (Å²) < 4.78 is 51.8. The molecule has 4 rings (SSSR count). The van der Waals surface area contributed by atoms with Crippen LogP contribution in [0.3, 0.4) is 0 Å². The number of aromatic nitrogens is 1. The zero-order chi connectivity index (χ0) is 25.4. The number of likely N-dealkylation sites (tertiary alicyclic amines) is 1. The molecule has 0 aliphatic carbocycles. The number of likely N-dealkylation sites (N-methyl/N-ethyl adjacent to an activating group) is 1. The number of rotatable bonds is 6. The predicted octanol–water partition coefficient (Wildman–Crippen LogP) is 5.23. The molecular weight excluding hydrogens is 479 g/mol. The first-order valence-electron chi connectivity index (χ1n) is 11.9. The van der Waals surface area contributed by atoms with Crippen molar-refractivity contribution in [1.82, 2.24) is 9.88 Å². The maximum Gasteiger partial charge on any atom is 0.416 e. The number of hydrogen-bond acceptors (Lipinski definition) is 5. The topological polar surface area (TPSA) is 66.9 Å². The minimum absolute atomic E-state index is 0.0777. The largest absolute Gasteiger partial charge is 0.491 e. The van der Waals surface area contributed by atoms with Crippen LogP contribution in [0.4, 0.5) is 13.2 Å². The first kappa shape index (κ1) is 25.9. The van der Waals surface area contributed by atoms with Gasteiger partial charge in [-0.3, -0.25) is 9.69 Å². The van der Waals surface area contributed by atoms with Gasteiger partial charge in [0, 0.05) is 29.6 Å². The van der Waals surface area contributed by atoms with E-state index in [9.17, 15) is 18.0 Å². The fourth-order valence-electron chi connectivity index (χ4n) is 4.66. The molecule has 2 aliphatic heterocycles. The van der Waals surface area contributed by atoms with Crippen LogP contribution in [-0.2, 0) is 10.9 Å². The van der Waals surface area contributed by atoms with Crippen molar-refractivity contribution in [3.05, 3.63) is 45.2 Å². The summed E-state index contributed by atoms with van der Waals surface area (Å²) in [5, 5.41) is 0. The second-order valence-electron chi connectivity index (χ2n) is 10.4. The first-order chi connectivity index (χ1) is 16.4. The number of carbonyl (C=O) groups is 1. The van der Waals surface area contributed by atoms with E-state index in [-0.39, 0.29) is 34.8 Å². The standard InChI is InChI=1S/C25H32F3N3O3S/c1-24(2,3)21(19-6-5-11-33-19)20-13-29-23(35-20)30-22(32)17-12-15(25(26,27)28)7-8-18(17)34-14-16-9-10-31(16)4/h7-8,12-13,16,19,21H,5-6,9-11,14H2,1-4H3,(H,29,30,32)/t16-,19+,21?/m0/s1. The van der Waals surface area contributed by atoms with Crippen LogP contribution in [0.1, 0.15) is 66.8 Å². The molecule has 2 saturated heterocycles. The van der Waals surface area contributed by atoms with E-state index in [1.807, 2.05) is 13.2 Å². The molecule has 3 atom stereocenters. The van der Waals surface area contributed by atoms with Crippen LogP contribution in [0, 0.1) is 5.41 Å². The molecule has 2 fully saturated rings. The number of hydrogen-bond donors (Lipinski definition) is 1. The molecule has 2 aliphatic rings. The summed E-state index contributed by atoms with van der Waals surface area (Å²) in [6, 6.07) is 3.14. The third-order valence-corrected chi connectivity index (χ3v) is 7.75. The average Bonchev–Trinajstić information content (AvgIpc) is 3.44. The second-order valence-corrected chi connectivity index (χ2v) is 11.4. The van der Waals surface area contributed by atoms with Crippen molar-refractivity contribution in [3.8, 4) is 5.75 Å². The van der Waals surface area contributed by atoms with E-state index in [2.05, 4.69) is 35.6 Å². The van der Waals surface area contributed by atoms with E-state index >= 15 is 0 Å². The highest BCUT2D eigenvalue weighted by atomic mass is 32.1. The predicted molar refractivity (Wildman–Crippen MR) is 128 cm³/mol. The highest BCUT2D eigenvalue weighted by Crippen LogP contribution is 2.43. The molecule has 192 valence electrons. The van der Waals surface area contributed by atoms with E-state index < -0.39 is 17.6 Å². The van der Waals surface area contributed by atoms with Crippen molar-refractivity contribution in [2.24, 2.45) is 10.4 Å². The smallest absolute Gasteiger partial charge is 0.416 e. The van der Waals surface area contributed by atoms with Crippen LogP contribution < -0.4 is 9.54 Å². The normalized spacial score (nSPS) is 22.8. The van der Waals surface area contributed by atoms with E-state index in [1.54, 1.807) is 0 Å². The molecule has 2 aromatic rings. The number of thiazole rings is 1. The summed E-state index contributed by atoms with van der Waals surface area (Å²) in [5.74, 6) is -0.560. The Balaban J connectivity index is 1.62. The number of aromatic amines is 1. The zero-order valence-corrected chi connectivity index (χ0v) is 21.3. The first-order valence-corrected chi connectivity index (χ1v) is 12.7. The molecule has 0 radical (unpaired) electrons. The van der Waals surface area contributed by atoms with Gasteiger partial charge in [-0.15, -0.1) is 11.3 Å². The zero-order valence-electron chi connectivity index (χ0n) is 20.4.